The highest BCUT2D eigenvalue weighted by Gasteiger charge is 2.57. The van der Waals surface area contributed by atoms with Gasteiger partial charge in [0.2, 0.25) is 12.5 Å². The van der Waals surface area contributed by atoms with Crippen LogP contribution in [-0.2, 0) is 10.2 Å². The number of hydrogen-bond donors (Lipinski definition) is 1. The summed E-state index contributed by atoms with van der Waals surface area (Å²) in [4.78, 5) is 22.5. The Labute approximate surface area is 114 Å². The van der Waals surface area contributed by atoms with Crippen LogP contribution in [0.5, 0.6) is 0 Å². The van der Waals surface area contributed by atoms with Gasteiger partial charge in [-0.3, -0.25) is 14.9 Å². The predicted molar refractivity (Wildman–Crippen MR) is 68.1 cm³/mol. The van der Waals surface area contributed by atoms with E-state index in [0.29, 0.717) is 11.3 Å². The maximum Gasteiger partial charge on any atom is 0.244 e. The first kappa shape index (κ1) is 13.5. The maximum absolute atomic E-state index is 12.2. The van der Waals surface area contributed by atoms with E-state index in [9.17, 15) is 14.9 Å². The van der Waals surface area contributed by atoms with E-state index in [4.69, 9.17) is 10.5 Å². The average molecular weight is 270 g/mol. The van der Waals surface area contributed by atoms with Gasteiger partial charge in [0, 0.05) is 16.2 Å². The van der Waals surface area contributed by atoms with E-state index < -0.39 is 28.7 Å². The molecule has 1 aliphatic heterocycles. The van der Waals surface area contributed by atoms with Gasteiger partial charge in [0.05, 0.1) is 12.1 Å². The minimum absolute atomic E-state index is 0.340. The lowest BCUT2D eigenvalue weighted by molar-refractivity contribution is -0.488. The predicted octanol–water partition coefficient (Wildman–Crippen LogP) is 1.12. The van der Waals surface area contributed by atoms with Crippen LogP contribution in [0.1, 0.15) is 11.1 Å². The molecule has 0 saturated heterocycles. The largest absolute Gasteiger partial charge is 0.325 e. The third-order valence-corrected chi connectivity index (χ3v) is 3.44. The van der Waals surface area contributed by atoms with E-state index in [-0.39, 0.29) is 0 Å². The number of nitro groups is 1. The first-order chi connectivity index (χ1) is 9.45. The quantitative estimate of drug-likeness (QED) is 0.651. The lowest BCUT2D eigenvalue weighted by atomic mass is 9.71. The van der Waals surface area contributed by atoms with Crippen LogP contribution in [-0.4, -0.2) is 17.4 Å². The Morgan fingerprint density at radius 2 is 2.10 bits per heavy atom. The van der Waals surface area contributed by atoms with Crippen molar-refractivity contribution < 1.29 is 9.72 Å². The molecule has 7 heteroatoms. The molecule has 0 spiro atoms. The molecule has 0 saturated carbocycles. The van der Waals surface area contributed by atoms with E-state index in [1.807, 2.05) is 0 Å². The van der Waals surface area contributed by atoms with E-state index in [1.54, 1.807) is 37.3 Å². The number of aryl methyl sites for hydroxylation is 1. The molecule has 1 aliphatic rings. The van der Waals surface area contributed by atoms with E-state index in [2.05, 4.69) is 5.32 Å². The first-order valence-corrected chi connectivity index (χ1v) is 5.79. The summed E-state index contributed by atoms with van der Waals surface area (Å²) in [6, 6.07) is 8.38. The molecule has 1 heterocycles. The summed E-state index contributed by atoms with van der Waals surface area (Å²) in [6.45, 7) is 0.981. The molecule has 1 amide bonds. The second kappa shape index (κ2) is 4.63. The van der Waals surface area contributed by atoms with Crippen molar-refractivity contribution in [2.75, 3.05) is 11.9 Å². The molecule has 1 N–H and O–H groups in total. The summed E-state index contributed by atoms with van der Waals surface area (Å²) in [5.41, 5.74) is -0.207. The Kier molecular flexibility index (Phi) is 3.13. The molecule has 0 fully saturated rings. The zero-order valence-electron chi connectivity index (χ0n) is 10.6. The Morgan fingerprint density at radius 3 is 2.65 bits per heavy atom. The maximum atomic E-state index is 12.2. The van der Waals surface area contributed by atoms with Crippen LogP contribution in [0, 0.1) is 45.6 Å². The van der Waals surface area contributed by atoms with Gasteiger partial charge >= 0.3 is 0 Å². The molecular weight excluding hydrogens is 260 g/mol. The van der Waals surface area contributed by atoms with Gasteiger partial charge in [0.25, 0.3) is 0 Å². The third kappa shape index (κ3) is 1.77. The summed E-state index contributed by atoms with van der Waals surface area (Å²) in [5, 5.41) is 31.7. The monoisotopic (exact) mass is 270 g/mol. The van der Waals surface area contributed by atoms with Crippen molar-refractivity contribution in [3.63, 3.8) is 0 Å². The summed E-state index contributed by atoms with van der Waals surface area (Å²) in [5.74, 6) is -2.10. The van der Waals surface area contributed by atoms with Crippen LogP contribution < -0.4 is 5.32 Å². The fraction of sp³-hybridized carbons (Fsp3) is 0.308. The molecule has 2 rings (SSSR count). The smallest absolute Gasteiger partial charge is 0.244 e. The number of fused-ring (bicyclic) bond motifs is 1. The Hall–Kier alpha value is -2.93. The molecule has 100 valence electrons. The number of hydrogen-bond acceptors (Lipinski definition) is 5. The minimum Gasteiger partial charge on any atom is -0.325 e. The number of benzene rings is 1. The molecule has 0 unspecified atom stereocenters. The molecule has 20 heavy (non-hydrogen) atoms. The van der Waals surface area contributed by atoms with Gasteiger partial charge in [-0.05, 0) is 13.0 Å². The number of rotatable bonds is 3. The average Bonchev–Trinajstić information content (AvgIpc) is 2.64. The summed E-state index contributed by atoms with van der Waals surface area (Å²) < 4.78 is 0. The molecule has 0 aliphatic carbocycles. The van der Waals surface area contributed by atoms with Gasteiger partial charge < -0.3 is 5.32 Å². The number of nitrogens with one attached hydrogen (secondary N) is 1. The van der Waals surface area contributed by atoms with E-state index >= 15 is 0 Å². The Balaban J connectivity index is 2.73. The van der Waals surface area contributed by atoms with Crippen molar-refractivity contribution >= 4 is 11.6 Å². The van der Waals surface area contributed by atoms with Crippen LogP contribution in [0.4, 0.5) is 5.69 Å². The number of amides is 1. The Bertz CT molecular complexity index is 672. The highest BCUT2D eigenvalue weighted by Crippen LogP contribution is 2.43. The zero-order valence-corrected chi connectivity index (χ0v) is 10.6. The van der Waals surface area contributed by atoms with E-state index in [1.165, 1.54) is 0 Å². The van der Waals surface area contributed by atoms with Gasteiger partial charge in [-0.25, -0.2) is 0 Å². The SMILES string of the molecule is Cc1ccc2c(c1)[C@@](C[N+](=O)[O-])(C(C#N)C#N)C(=O)N2. The van der Waals surface area contributed by atoms with Gasteiger partial charge in [-0.15, -0.1) is 0 Å². The molecular formula is C13H10N4O3. The number of nitrogens with zero attached hydrogens (tertiary/aromatic N) is 3. The molecule has 0 radical (unpaired) electrons. The summed E-state index contributed by atoms with van der Waals surface area (Å²) >= 11 is 0. The molecule has 1 atom stereocenters. The van der Waals surface area contributed by atoms with Gasteiger partial charge in [0.15, 0.2) is 11.3 Å². The molecule has 1 aromatic rings. The van der Waals surface area contributed by atoms with Crippen molar-refractivity contribution in [1.82, 2.24) is 0 Å². The summed E-state index contributed by atoms with van der Waals surface area (Å²) in [7, 11) is 0. The van der Waals surface area contributed by atoms with Gasteiger partial charge in [-0.2, -0.15) is 10.5 Å². The number of nitriles is 2. The second-order valence-corrected chi connectivity index (χ2v) is 4.66. The van der Waals surface area contributed by atoms with Crippen molar-refractivity contribution in [3.05, 3.63) is 39.4 Å². The summed E-state index contributed by atoms with van der Waals surface area (Å²) in [6.07, 6.45) is 0. The fourth-order valence-corrected chi connectivity index (χ4v) is 2.48. The third-order valence-electron chi connectivity index (χ3n) is 3.44. The highest BCUT2D eigenvalue weighted by atomic mass is 16.6. The van der Waals surface area contributed by atoms with Gasteiger partial charge in [0.1, 0.15) is 0 Å². The van der Waals surface area contributed by atoms with Gasteiger partial charge in [-0.1, -0.05) is 17.7 Å². The van der Waals surface area contributed by atoms with Crippen LogP contribution in [0.3, 0.4) is 0 Å². The van der Waals surface area contributed by atoms with E-state index in [0.717, 1.165) is 5.56 Å². The first-order valence-electron chi connectivity index (χ1n) is 5.79. The van der Waals surface area contributed by atoms with Crippen LogP contribution in [0.25, 0.3) is 0 Å². The molecule has 1 aromatic carbocycles. The topological polar surface area (TPSA) is 120 Å². The van der Waals surface area contributed by atoms with Crippen LogP contribution in [0.15, 0.2) is 18.2 Å². The van der Waals surface area contributed by atoms with Crippen molar-refractivity contribution in [3.8, 4) is 12.1 Å². The molecule has 0 bridgehead atoms. The minimum atomic E-state index is -1.76. The molecule has 0 aromatic heterocycles. The van der Waals surface area contributed by atoms with Crippen molar-refractivity contribution in [1.29, 1.82) is 10.5 Å². The highest BCUT2D eigenvalue weighted by molar-refractivity contribution is 6.07. The van der Waals surface area contributed by atoms with Crippen molar-refractivity contribution in [2.24, 2.45) is 5.92 Å². The lowest BCUT2D eigenvalue weighted by Gasteiger charge is -2.23. The van der Waals surface area contributed by atoms with Crippen molar-refractivity contribution in [2.45, 2.75) is 12.3 Å². The number of anilines is 1. The van der Waals surface area contributed by atoms with Crippen LogP contribution >= 0.6 is 0 Å². The molecule has 7 nitrogen and oxygen atoms in total. The number of carbonyl (C=O) groups excluding carboxylic acids is 1. The normalized spacial score (nSPS) is 19.9. The number of carbonyl (C=O) groups is 1. The zero-order chi connectivity index (χ0) is 14.9. The lowest BCUT2D eigenvalue weighted by Crippen LogP contribution is -2.46. The van der Waals surface area contributed by atoms with Crippen LogP contribution in [0.2, 0.25) is 0 Å². The fourth-order valence-electron chi connectivity index (χ4n) is 2.48. The Morgan fingerprint density at radius 1 is 1.45 bits per heavy atom. The second-order valence-electron chi connectivity index (χ2n) is 4.66. The standard InChI is InChI=1S/C13H10N4O3/c1-8-2-3-11-10(4-8)13(7-17(19)20,12(18)16-11)9(5-14)6-15/h2-4,9H,7H2,1H3,(H,16,18)/t13-/m1/s1.